The van der Waals surface area contributed by atoms with E-state index < -0.39 is 0 Å². The number of nitrogens with zero attached hydrogens (tertiary/aromatic N) is 2. The third-order valence-electron chi connectivity index (χ3n) is 3.63. The lowest BCUT2D eigenvalue weighted by Gasteiger charge is -2.24. The Morgan fingerprint density at radius 2 is 2.41 bits per heavy atom. The van der Waals surface area contributed by atoms with Crippen LogP contribution in [0.5, 0.6) is 0 Å². The Balaban J connectivity index is 1.93. The lowest BCUT2D eigenvalue weighted by atomic mass is 9.92. The smallest absolute Gasteiger partial charge is 0.248 e. The lowest BCUT2D eigenvalue weighted by molar-refractivity contribution is -0.114. The van der Waals surface area contributed by atoms with Gasteiger partial charge in [0.2, 0.25) is 5.91 Å². The highest BCUT2D eigenvalue weighted by molar-refractivity contribution is 5.95. The van der Waals surface area contributed by atoms with Crippen LogP contribution in [-0.4, -0.2) is 29.6 Å². The Kier molecular flexibility index (Phi) is 2.35. The van der Waals surface area contributed by atoms with Crippen LogP contribution in [0.1, 0.15) is 12.8 Å². The number of allylic oxidation sites excluding steroid dienone is 3. The van der Waals surface area contributed by atoms with Gasteiger partial charge < -0.3 is 10.6 Å². The van der Waals surface area contributed by atoms with Gasteiger partial charge in [0.15, 0.2) is 0 Å². The van der Waals surface area contributed by atoms with Crippen LogP contribution in [0.3, 0.4) is 0 Å². The van der Waals surface area contributed by atoms with Crippen LogP contribution in [0.15, 0.2) is 40.7 Å². The van der Waals surface area contributed by atoms with E-state index in [0.717, 1.165) is 19.4 Å². The second-order valence-electron chi connectivity index (χ2n) is 4.68. The van der Waals surface area contributed by atoms with E-state index in [1.807, 2.05) is 24.4 Å². The van der Waals surface area contributed by atoms with Crippen LogP contribution in [0.2, 0.25) is 0 Å². The number of carbonyl (C=O) groups is 1. The highest BCUT2D eigenvalue weighted by atomic mass is 16.1. The molecule has 1 aliphatic carbocycles. The highest BCUT2D eigenvalue weighted by Crippen LogP contribution is 2.39. The van der Waals surface area contributed by atoms with Crippen molar-refractivity contribution in [2.24, 2.45) is 16.6 Å². The number of primary amides is 1. The molecule has 1 saturated heterocycles. The summed E-state index contributed by atoms with van der Waals surface area (Å²) in [7, 11) is 0. The molecule has 0 radical (unpaired) electrons. The van der Waals surface area contributed by atoms with Crippen molar-refractivity contribution in [1.82, 2.24) is 4.90 Å². The quantitative estimate of drug-likeness (QED) is 0.728. The van der Waals surface area contributed by atoms with Crippen molar-refractivity contribution in [3.63, 3.8) is 0 Å². The van der Waals surface area contributed by atoms with E-state index >= 15 is 0 Å². The molecule has 2 N–H and O–H groups in total. The first kappa shape index (κ1) is 10.3. The molecular formula is C13H15N3O. The van der Waals surface area contributed by atoms with E-state index in [9.17, 15) is 4.79 Å². The molecule has 2 atom stereocenters. The Hall–Kier alpha value is -1.84. The summed E-state index contributed by atoms with van der Waals surface area (Å²) in [5.74, 6) is 0.176. The number of amides is 1. The van der Waals surface area contributed by atoms with Crippen molar-refractivity contribution < 1.29 is 4.79 Å². The van der Waals surface area contributed by atoms with E-state index in [1.165, 1.54) is 5.70 Å². The molecule has 88 valence electrons. The van der Waals surface area contributed by atoms with Crippen molar-refractivity contribution in [2.75, 3.05) is 6.54 Å². The second kappa shape index (κ2) is 3.87. The maximum atomic E-state index is 11.2. The van der Waals surface area contributed by atoms with Gasteiger partial charge >= 0.3 is 0 Å². The van der Waals surface area contributed by atoms with Gasteiger partial charge in [0, 0.05) is 29.6 Å². The largest absolute Gasteiger partial charge is 0.366 e. The van der Waals surface area contributed by atoms with Crippen LogP contribution < -0.4 is 5.73 Å². The van der Waals surface area contributed by atoms with Gasteiger partial charge in [0.25, 0.3) is 0 Å². The number of hydrogen-bond donors (Lipinski definition) is 1. The van der Waals surface area contributed by atoms with Crippen molar-refractivity contribution in [1.29, 1.82) is 0 Å². The van der Waals surface area contributed by atoms with Crippen LogP contribution >= 0.6 is 0 Å². The summed E-state index contributed by atoms with van der Waals surface area (Å²) in [4.78, 5) is 17.8. The third-order valence-corrected chi connectivity index (χ3v) is 3.63. The number of rotatable bonds is 1. The van der Waals surface area contributed by atoms with E-state index in [2.05, 4.69) is 16.1 Å². The van der Waals surface area contributed by atoms with Crippen molar-refractivity contribution in [2.45, 2.75) is 18.9 Å². The molecule has 0 spiro atoms. The number of nitrogens with two attached hydrogens (primary N) is 1. The third kappa shape index (κ3) is 1.69. The van der Waals surface area contributed by atoms with Crippen molar-refractivity contribution in [3.8, 4) is 0 Å². The minimum absolute atomic E-state index is 0.338. The molecule has 4 nitrogen and oxygen atoms in total. The molecule has 2 aliphatic heterocycles. The normalized spacial score (nSPS) is 30.2. The maximum Gasteiger partial charge on any atom is 0.248 e. The van der Waals surface area contributed by atoms with Gasteiger partial charge in [0.1, 0.15) is 0 Å². The number of aliphatic imine (C=N–C) groups is 1. The lowest BCUT2D eigenvalue weighted by Crippen LogP contribution is -2.25. The number of fused-ring (bicyclic) bond motifs is 3. The van der Waals surface area contributed by atoms with E-state index in [4.69, 9.17) is 5.73 Å². The van der Waals surface area contributed by atoms with Crippen LogP contribution in [0, 0.1) is 5.92 Å². The fourth-order valence-corrected chi connectivity index (χ4v) is 2.80. The topological polar surface area (TPSA) is 58.7 Å². The summed E-state index contributed by atoms with van der Waals surface area (Å²) in [6.07, 6.45) is 11.7. The molecular weight excluding hydrogens is 214 g/mol. The van der Waals surface area contributed by atoms with Gasteiger partial charge in [-0.05, 0) is 25.0 Å². The van der Waals surface area contributed by atoms with E-state index in [1.54, 1.807) is 0 Å². The van der Waals surface area contributed by atoms with Gasteiger partial charge in [0.05, 0.1) is 12.6 Å². The first-order chi connectivity index (χ1) is 8.25. The molecule has 3 rings (SSSR count). The fraction of sp³-hybridized carbons (Fsp3) is 0.385. The molecule has 1 fully saturated rings. The molecule has 2 heterocycles. The van der Waals surface area contributed by atoms with Gasteiger partial charge in [-0.1, -0.05) is 6.08 Å². The summed E-state index contributed by atoms with van der Waals surface area (Å²) in [6.45, 7) is 0.826. The molecule has 3 aliphatic rings. The summed E-state index contributed by atoms with van der Waals surface area (Å²) < 4.78 is 0. The fourth-order valence-electron chi connectivity index (χ4n) is 2.80. The minimum atomic E-state index is -0.338. The van der Waals surface area contributed by atoms with E-state index in [-0.39, 0.29) is 5.91 Å². The summed E-state index contributed by atoms with van der Waals surface area (Å²) in [5.41, 5.74) is 7.19. The zero-order valence-electron chi connectivity index (χ0n) is 9.54. The predicted molar refractivity (Wildman–Crippen MR) is 66.2 cm³/mol. The van der Waals surface area contributed by atoms with Crippen molar-refractivity contribution in [3.05, 3.63) is 35.7 Å². The standard InChI is InChI=1S/C13H15N3O/c14-13(17)10-3-2-9-6-11-8-15-4-1-5-16(11)12(9)7-10/h1,3-5,7,9,11H,2,6,8H2,(H2,14,17). The first-order valence-electron chi connectivity index (χ1n) is 5.92. The number of hydrogen-bond acceptors (Lipinski definition) is 3. The second-order valence-corrected chi connectivity index (χ2v) is 4.68. The van der Waals surface area contributed by atoms with Gasteiger partial charge in [-0.25, -0.2) is 0 Å². The Bertz CT molecular complexity index is 473. The van der Waals surface area contributed by atoms with Crippen molar-refractivity contribution >= 4 is 12.1 Å². The summed E-state index contributed by atoms with van der Waals surface area (Å²) in [5, 5.41) is 0. The Morgan fingerprint density at radius 3 is 3.24 bits per heavy atom. The van der Waals surface area contributed by atoms with Crippen LogP contribution in [0.4, 0.5) is 0 Å². The molecule has 0 bridgehead atoms. The first-order valence-corrected chi connectivity index (χ1v) is 5.92. The van der Waals surface area contributed by atoms with Crippen LogP contribution in [0.25, 0.3) is 0 Å². The predicted octanol–water partition coefficient (Wildman–Crippen LogP) is 0.974. The van der Waals surface area contributed by atoms with Gasteiger partial charge in [-0.3, -0.25) is 9.79 Å². The minimum Gasteiger partial charge on any atom is -0.366 e. The molecule has 0 aromatic rings. The molecule has 17 heavy (non-hydrogen) atoms. The maximum absolute atomic E-state index is 11.2. The summed E-state index contributed by atoms with van der Waals surface area (Å²) >= 11 is 0. The zero-order valence-corrected chi connectivity index (χ0v) is 9.54. The van der Waals surface area contributed by atoms with Gasteiger partial charge in [-0.15, -0.1) is 0 Å². The number of carbonyl (C=O) groups excluding carboxylic acids is 1. The van der Waals surface area contributed by atoms with Gasteiger partial charge in [-0.2, -0.15) is 0 Å². The highest BCUT2D eigenvalue weighted by Gasteiger charge is 2.36. The average molecular weight is 229 g/mol. The zero-order chi connectivity index (χ0) is 11.8. The molecule has 0 aromatic heterocycles. The monoisotopic (exact) mass is 229 g/mol. The Labute approximate surface area is 100 Å². The van der Waals surface area contributed by atoms with Crippen LogP contribution in [-0.2, 0) is 4.79 Å². The SMILES string of the molecule is NC(=O)C1=CCC2CC3CN=CC=CN3C2=C1. The molecule has 0 aromatic carbocycles. The van der Waals surface area contributed by atoms with E-state index in [0.29, 0.717) is 17.5 Å². The molecule has 4 heteroatoms. The Morgan fingerprint density at radius 1 is 1.53 bits per heavy atom. The summed E-state index contributed by atoms with van der Waals surface area (Å²) in [6, 6.07) is 0.432. The average Bonchev–Trinajstić information content (AvgIpc) is 2.51. The molecule has 0 saturated carbocycles. The molecule has 2 unspecified atom stereocenters. The molecule has 1 amide bonds.